The quantitative estimate of drug-likeness (QED) is 0.487. The van der Waals surface area contributed by atoms with Crippen molar-refractivity contribution >= 4 is 17.7 Å². The number of hydrogen-bond acceptors (Lipinski definition) is 5. The Morgan fingerprint density at radius 2 is 2.15 bits per heavy atom. The molecule has 20 heavy (non-hydrogen) atoms. The summed E-state index contributed by atoms with van der Waals surface area (Å²) in [5.74, 6) is 2.12. The van der Waals surface area contributed by atoms with E-state index in [1.165, 1.54) is 0 Å². The monoisotopic (exact) mass is 304 g/mol. The van der Waals surface area contributed by atoms with Crippen molar-refractivity contribution < 1.29 is 15.0 Å². The van der Waals surface area contributed by atoms with E-state index in [-0.39, 0.29) is 17.9 Å². The lowest BCUT2D eigenvalue weighted by molar-refractivity contribution is -0.120. The number of piperidine rings is 1. The smallest absolute Gasteiger partial charge is 0.220 e. The van der Waals surface area contributed by atoms with E-state index >= 15 is 0 Å². The fraction of sp³-hybridized carbons (Fsp3) is 0.929. The Labute approximate surface area is 125 Å². The van der Waals surface area contributed by atoms with Crippen molar-refractivity contribution in [2.45, 2.75) is 51.4 Å². The minimum absolute atomic E-state index is 0.0728. The molecule has 1 aliphatic rings. The van der Waals surface area contributed by atoms with Crippen molar-refractivity contribution in [3.05, 3.63) is 0 Å². The fourth-order valence-electron chi connectivity index (χ4n) is 2.42. The summed E-state index contributed by atoms with van der Waals surface area (Å²) >= 11 is 1.81. The molecule has 1 rings (SSSR count). The minimum Gasteiger partial charge on any atom is -0.390 e. The van der Waals surface area contributed by atoms with E-state index in [1.54, 1.807) is 0 Å². The van der Waals surface area contributed by atoms with Gasteiger partial charge in [0.15, 0.2) is 0 Å². The zero-order valence-corrected chi connectivity index (χ0v) is 13.3. The van der Waals surface area contributed by atoms with Gasteiger partial charge in [0, 0.05) is 31.3 Å². The summed E-state index contributed by atoms with van der Waals surface area (Å²) in [5.41, 5.74) is 0. The first-order valence-corrected chi connectivity index (χ1v) is 8.65. The number of carbonyl (C=O) groups is 1. The molecule has 0 radical (unpaired) electrons. The molecule has 6 heteroatoms. The summed E-state index contributed by atoms with van der Waals surface area (Å²) in [7, 11) is 0. The predicted octanol–water partition coefficient (Wildman–Crippen LogP) is 0.356. The highest BCUT2D eigenvalue weighted by Gasteiger charge is 2.33. The molecule has 1 saturated heterocycles. The van der Waals surface area contributed by atoms with Crippen LogP contribution in [0, 0.1) is 5.92 Å². The third-order valence-electron chi connectivity index (χ3n) is 3.78. The average molecular weight is 304 g/mol. The highest BCUT2D eigenvalue weighted by atomic mass is 32.2. The summed E-state index contributed by atoms with van der Waals surface area (Å²) in [6.45, 7) is 5.16. The van der Waals surface area contributed by atoms with E-state index < -0.39 is 12.2 Å². The SMILES string of the molecule is CCCC(=O)NCCSCC[C@H]1NC[C@@H](O)[C@H](O)[C@H]1C. The normalized spacial score (nSPS) is 30.2. The molecule has 0 spiro atoms. The predicted molar refractivity (Wildman–Crippen MR) is 82.8 cm³/mol. The van der Waals surface area contributed by atoms with Crippen LogP contribution in [0.15, 0.2) is 0 Å². The Bertz CT molecular complexity index is 292. The second-order valence-electron chi connectivity index (χ2n) is 5.43. The van der Waals surface area contributed by atoms with Gasteiger partial charge in [-0.15, -0.1) is 0 Å². The van der Waals surface area contributed by atoms with Crippen molar-refractivity contribution in [1.29, 1.82) is 0 Å². The summed E-state index contributed by atoms with van der Waals surface area (Å²) in [6.07, 6.45) is 1.19. The first-order chi connectivity index (χ1) is 9.56. The highest BCUT2D eigenvalue weighted by Crippen LogP contribution is 2.20. The lowest BCUT2D eigenvalue weighted by atomic mass is 9.87. The molecule has 1 amide bonds. The van der Waals surface area contributed by atoms with Crippen LogP contribution in [0.3, 0.4) is 0 Å². The highest BCUT2D eigenvalue weighted by molar-refractivity contribution is 7.99. The zero-order chi connectivity index (χ0) is 15.0. The average Bonchev–Trinajstić information content (AvgIpc) is 2.42. The van der Waals surface area contributed by atoms with Gasteiger partial charge >= 0.3 is 0 Å². The topological polar surface area (TPSA) is 81.6 Å². The number of aliphatic hydroxyl groups excluding tert-OH is 2. The van der Waals surface area contributed by atoms with Gasteiger partial charge in [-0.2, -0.15) is 11.8 Å². The maximum Gasteiger partial charge on any atom is 0.220 e. The van der Waals surface area contributed by atoms with Crippen LogP contribution < -0.4 is 10.6 Å². The Kier molecular flexibility index (Phi) is 8.52. The van der Waals surface area contributed by atoms with Crippen molar-refractivity contribution in [2.24, 2.45) is 5.92 Å². The number of rotatable bonds is 8. The molecule has 0 aromatic rings. The number of β-amino-alcohol motifs (C(OH)–C–C–N with tert-alkyl or cyclic N) is 1. The van der Waals surface area contributed by atoms with E-state index in [1.807, 2.05) is 25.6 Å². The molecule has 0 aliphatic carbocycles. The number of amides is 1. The Morgan fingerprint density at radius 3 is 2.85 bits per heavy atom. The van der Waals surface area contributed by atoms with Crippen molar-refractivity contribution in [2.75, 3.05) is 24.6 Å². The Balaban J connectivity index is 2.05. The van der Waals surface area contributed by atoms with Crippen LogP contribution in [0.4, 0.5) is 0 Å². The molecule has 0 bridgehead atoms. The maximum absolute atomic E-state index is 11.3. The third-order valence-corrected chi connectivity index (χ3v) is 4.79. The molecule has 118 valence electrons. The molecule has 0 aromatic heterocycles. The summed E-state index contributed by atoms with van der Waals surface area (Å²) in [6, 6.07) is 0.260. The van der Waals surface area contributed by atoms with Gasteiger partial charge in [-0.1, -0.05) is 13.8 Å². The second kappa shape index (κ2) is 9.60. The fourth-order valence-corrected chi connectivity index (χ4v) is 3.29. The van der Waals surface area contributed by atoms with Crippen LogP contribution in [-0.4, -0.2) is 59.0 Å². The Hall–Kier alpha value is -0.300. The van der Waals surface area contributed by atoms with E-state index in [0.29, 0.717) is 13.0 Å². The molecule has 0 unspecified atom stereocenters. The van der Waals surface area contributed by atoms with Crippen molar-refractivity contribution in [3.8, 4) is 0 Å². The van der Waals surface area contributed by atoms with E-state index in [2.05, 4.69) is 10.6 Å². The maximum atomic E-state index is 11.3. The van der Waals surface area contributed by atoms with Crippen LogP contribution in [0.2, 0.25) is 0 Å². The molecule has 0 saturated carbocycles. The summed E-state index contributed by atoms with van der Waals surface area (Å²) in [5, 5.41) is 25.5. The summed E-state index contributed by atoms with van der Waals surface area (Å²) in [4.78, 5) is 11.3. The molecular weight excluding hydrogens is 276 g/mol. The van der Waals surface area contributed by atoms with Gasteiger partial charge in [-0.05, 0) is 24.5 Å². The van der Waals surface area contributed by atoms with Crippen molar-refractivity contribution in [3.63, 3.8) is 0 Å². The zero-order valence-electron chi connectivity index (χ0n) is 12.5. The number of carbonyl (C=O) groups excluding carboxylic acids is 1. The number of aliphatic hydroxyl groups is 2. The lowest BCUT2D eigenvalue weighted by Crippen LogP contribution is -2.55. The first kappa shape index (κ1) is 17.8. The van der Waals surface area contributed by atoms with Gasteiger partial charge in [0.2, 0.25) is 5.91 Å². The molecule has 0 aromatic carbocycles. The lowest BCUT2D eigenvalue weighted by Gasteiger charge is -2.37. The third kappa shape index (κ3) is 5.99. The molecule has 5 nitrogen and oxygen atoms in total. The molecular formula is C14H28N2O3S. The summed E-state index contributed by atoms with van der Waals surface area (Å²) < 4.78 is 0. The number of thioether (sulfide) groups is 1. The largest absolute Gasteiger partial charge is 0.390 e. The second-order valence-corrected chi connectivity index (χ2v) is 6.66. The molecule has 4 N–H and O–H groups in total. The van der Waals surface area contributed by atoms with Gasteiger partial charge in [-0.3, -0.25) is 4.79 Å². The van der Waals surface area contributed by atoms with E-state index in [9.17, 15) is 15.0 Å². The van der Waals surface area contributed by atoms with Gasteiger partial charge in [0.1, 0.15) is 0 Å². The van der Waals surface area contributed by atoms with Crippen LogP contribution in [-0.2, 0) is 4.79 Å². The Morgan fingerprint density at radius 1 is 1.40 bits per heavy atom. The molecule has 4 atom stereocenters. The van der Waals surface area contributed by atoms with E-state index in [4.69, 9.17) is 0 Å². The van der Waals surface area contributed by atoms with Gasteiger partial charge in [-0.25, -0.2) is 0 Å². The number of hydrogen-bond donors (Lipinski definition) is 4. The van der Waals surface area contributed by atoms with E-state index in [0.717, 1.165) is 30.9 Å². The van der Waals surface area contributed by atoms with Gasteiger partial charge in [0.25, 0.3) is 0 Å². The first-order valence-electron chi connectivity index (χ1n) is 7.50. The van der Waals surface area contributed by atoms with Crippen LogP contribution in [0.1, 0.15) is 33.1 Å². The van der Waals surface area contributed by atoms with Crippen LogP contribution in [0.25, 0.3) is 0 Å². The minimum atomic E-state index is -0.650. The number of nitrogens with one attached hydrogen (secondary N) is 2. The molecule has 1 heterocycles. The van der Waals surface area contributed by atoms with Gasteiger partial charge < -0.3 is 20.8 Å². The molecule has 1 aliphatic heterocycles. The van der Waals surface area contributed by atoms with Crippen LogP contribution >= 0.6 is 11.8 Å². The van der Waals surface area contributed by atoms with Gasteiger partial charge in [0.05, 0.1) is 12.2 Å². The standard InChI is InChI=1S/C14H28N2O3S/c1-3-4-13(18)15-6-8-20-7-5-11-10(2)14(19)12(17)9-16-11/h10-12,14,16-17,19H,3-9H2,1-2H3,(H,15,18)/t10-,11+,12+,14+/m0/s1. The van der Waals surface area contributed by atoms with Crippen molar-refractivity contribution in [1.82, 2.24) is 10.6 Å². The molecule has 1 fully saturated rings. The van der Waals surface area contributed by atoms with Crippen LogP contribution in [0.5, 0.6) is 0 Å².